The molecule has 0 aromatic heterocycles. The van der Waals surface area contributed by atoms with E-state index in [1.54, 1.807) is 21.0 Å². The highest BCUT2D eigenvalue weighted by Gasteiger charge is 2.25. The van der Waals surface area contributed by atoms with Gasteiger partial charge in [0.1, 0.15) is 5.54 Å². The van der Waals surface area contributed by atoms with Crippen LogP contribution in [0.15, 0.2) is 0 Å². The smallest absolute Gasteiger partial charge is 0.323 e. The van der Waals surface area contributed by atoms with E-state index in [2.05, 4.69) is 5.32 Å². The van der Waals surface area contributed by atoms with Gasteiger partial charge in [-0.25, -0.2) is 0 Å². The third-order valence-electron chi connectivity index (χ3n) is 1.88. The van der Waals surface area contributed by atoms with Crippen molar-refractivity contribution in [2.45, 2.75) is 32.2 Å². The minimum atomic E-state index is -0.826. The van der Waals surface area contributed by atoms with Crippen molar-refractivity contribution < 1.29 is 14.6 Å². The first-order valence-corrected chi connectivity index (χ1v) is 4.48. The largest absolute Gasteiger partial charge is 0.480 e. The zero-order chi connectivity index (χ0) is 10.3. The Labute approximate surface area is 79.3 Å². The maximum absolute atomic E-state index is 10.7. The quantitative estimate of drug-likeness (QED) is 0.583. The Morgan fingerprint density at radius 3 is 2.54 bits per heavy atom. The van der Waals surface area contributed by atoms with Gasteiger partial charge >= 0.3 is 5.97 Å². The van der Waals surface area contributed by atoms with Crippen molar-refractivity contribution in [2.75, 3.05) is 20.3 Å². The number of aliphatic carboxylic acids is 1. The molecule has 0 heterocycles. The van der Waals surface area contributed by atoms with Gasteiger partial charge in [-0.2, -0.15) is 0 Å². The highest BCUT2D eigenvalue weighted by atomic mass is 16.5. The van der Waals surface area contributed by atoms with Crippen LogP contribution in [0.25, 0.3) is 0 Å². The van der Waals surface area contributed by atoms with Crippen LogP contribution in [0.3, 0.4) is 0 Å². The Morgan fingerprint density at radius 2 is 2.08 bits per heavy atom. The molecule has 0 amide bonds. The highest BCUT2D eigenvalue weighted by molar-refractivity contribution is 5.77. The van der Waals surface area contributed by atoms with E-state index in [4.69, 9.17) is 9.84 Å². The fourth-order valence-electron chi connectivity index (χ4n) is 0.848. The molecular formula is C9H19NO3. The van der Waals surface area contributed by atoms with Crippen LogP contribution in [0.1, 0.15) is 26.7 Å². The van der Waals surface area contributed by atoms with Crippen LogP contribution in [0, 0.1) is 0 Å². The van der Waals surface area contributed by atoms with Crippen molar-refractivity contribution >= 4 is 5.97 Å². The number of methoxy groups -OCH3 is 1. The number of unbranched alkanes of at least 4 members (excludes halogenated alkanes) is 1. The van der Waals surface area contributed by atoms with Gasteiger partial charge in [-0.15, -0.1) is 0 Å². The molecule has 0 bridgehead atoms. The number of carbonyl (C=O) groups is 1. The molecule has 0 radical (unpaired) electrons. The maximum Gasteiger partial charge on any atom is 0.323 e. The Bertz CT molecular complexity index is 157. The molecule has 0 saturated carbocycles. The predicted molar refractivity (Wildman–Crippen MR) is 50.8 cm³/mol. The lowest BCUT2D eigenvalue weighted by Crippen LogP contribution is -2.47. The summed E-state index contributed by atoms with van der Waals surface area (Å²) < 4.78 is 4.88. The molecule has 4 nitrogen and oxygen atoms in total. The maximum atomic E-state index is 10.7. The molecule has 0 saturated heterocycles. The van der Waals surface area contributed by atoms with Crippen LogP contribution in [-0.4, -0.2) is 36.9 Å². The molecule has 0 aliphatic rings. The highest BCUT2D eigenvalue weighted by Crippen LogP contribution is 2.01. The van der Waals surface area contributed by atoms with Crippen molar-refractivity contribution in [3.8, 4) is 0 Å². The van der Waals surface area contributed by atoms with Crippen molar-refractivity contribution in [1.82, 2.24) is 5.32 Å². The summed E-state index contributed by atoms with van der Waals surface area (Å²) in [5.41, 5.74) is -0.826. The molecule has 13 heavy (non-hydrogen) atoms. The van der Waals surface area contributed by atoms with Crippen LogP contribution < -0.4 is 5.32 Å². The number of carboxylic acid groups (broad SMARTS) is 1. The third kappa shape index (κ3) is 5.60. The van der Waals surface area contributed by atoms with Crippen molar-refractivity contribution in [3.63, 3.8) is 0 Å². The summed E-state index contributed by atoms with van der Waals surface area (Å²) in [5, 5.41) is 11.7. The average molecular weight is 189 g/mol. The summed E-state index contributed by atoms with van der Waals surface area (Å²) in [6, 6.07) is 0. The van der Waals surface area contributed by atoms with Crippen molar-refractivity contribution in [2.24, 2.45) is 0 Å². The van der Waals surface area contributed by atoms with Gasteiger partial charge in [0.2, 0.25) is 0 Å². The number of rotatable bonds is 7. The van der Waals surface area contributed by atoms with E-state index in [1.165, 1.54) is 0 Å². The third-order valence-corrected chi connectivity index (χ3v) is 1.88. The Hall–Kier alpha value is -0.610. The van der Waals surface area contributed by atoms with E-state index < -0.39 is 11.5 Å². The number of carboxylic acids is 1. The first-order chi connectivity index (χ1) is 6.00. The number of nitrogens with one attached hydrogen (secondary N) is 1. The number of hydrogen-bond donors (Lipinski definition) is 2. The fourth-order valence-corrected chi connectivity index (χ4v) is 0.848. The molecule has 0 rings (SSSR count). The van der Waals surface area contributed by atoms with E-state index in [9.17, 15) is 4.79 Å². The SMILES string of the molecule is COCCCCNC(C)(C)C(=O)O. The minimum absolute atomic E-state index is 0.711. The molecule has 0 aromatic carbocycles. The van der Waals surface area contributed by atoms with E-state index >= 15 is 0 Å². The van der Waals surface area contributed by atoms with Gasteiger partial charge in [0.25, 0.3) is 0 Å². The van der Waals surface area contributed by atoms with Crippen molar-refractivity contribution in [1.29, 1.82) is 0 Å². The Balaban J connectivity index is 3.46. The molecular weight excluding hydrogens is 170 g/mol. The van der Waals surface area contributed by atoms with Crippen LogP contribution in [0.4, 0.5) is 0 Å². The van der Waals surface area contributed by atoms with Gasteiger partial charge in [-0.1, -0.05) is 0 Å². The van der Waals surface area contributed by atoms with Gasteiger partial charge in [-0.05, 0) is 33.2 Å². The average Bonchev–Trinajstić information content (AvgIpc) is 2.03. The first kappa shape index (κ1) is 12.4. The van der Waals surface area contributed by atoms with Crippen LogP contribution in [0.2, 0.25) is 0 Å². The molecule has 0 aliphatic carbocycles. The zero-order valence-electron chi connectivity index (χ0n) is 8.59. The summed E-state index contributed by atoms with van der Waals surface area (Å²) in [5.74, 6) is -0.820. The second-order valence-electron chi connectivity index (χ2n) is 3.56. The van der Waals surface area contributed by atoms with E-state index in [0.717, 1.165) is 19.4 Å². The Morgan fingerprint density at radius 1 is 1.46 bits per heavy atom. The molecule has 0 aromatic rings. The van der Waals surface area contributed by atoms with Crippen LogP contribution >= 0.6 is 0 Å². The Kier molecular flexibility index (Phi) is 5.66. The van der Waals surface area contributed by atoms with E-state index in [0.29, 0.717) is 6.54 Å². The second kappa shape index (κ2) is 5.94. The molecule has 78 valence electrons. The fraction of sp³-hybridized carbons (Fsp3) is 0.889. The second-order valence-corrected chi connectivity index (χ2v) is 3.56. The summed E-state index contributed by atoms with van der Waals surface area (Å²) in [7, 11) is 1.66. The van der Waals surface area contributed by atoms with Crippen molar-refractivity contribution in [3.05, 3.63) is 0 Å². The lowest BCUT2D eigenvalue weighted by atomic mass is 10.1. The molecule has 2 N–H and O–H groups in total. The summed E-state index contributed by atoms with van der Waals surface area (Å²) in [6.45, 7) is 4.76. The molecule has 0 fully saturated rings. The van der Waals surface area contributed by atoms with E-state index in [1.807, 2.05) is 0 Å². The van der Waals surface area contributed by atoms with Gasteiger partial charge in [0.05, 0.1) is 0 Å². The molecule has 4 heteroatoms. The molecule has 0 spiro atoms. The zero-order valence-corrected chi connectivity index (χ0v) is 8.59. The molecule has 0 aliphatic heterocycles. The predicted octanol–water partition coefficient (Wildman–Crippen LogP) is 0.866. The lowest BCUT2D eigenvalue weighted by molar-refractivity contribution is -0.143. The molecule has 0 unspecified atom stereocenters. The van der Waals surface area contributed by atoms with Crippen LogP contribution in [0.5, 0.6) is 0 Å². The topological polar surface area (TPSA) is 58.6 Å². The first-order valence-electron chi connectivity index (χ1n) is 4.48. The van der Waals surface area contributed by atoms with Gasteiger partial charge in [0.15, 0.2) is 0 Å². The van der Waals surface area contributed by atoms with Gasteiger partial charge in [0, 0.05) is 13.7 Å². The summed E-state index contributed by atoms with van der Waals surface area (Å²) in [4.78, 5) is 10.7. The number of hydrogen-bond acceptors (Lipinski definition) is 3. The summed E-state index contributed by atoms with van der Waals surface area (Å²) in [6.07, 6.45) is 1.89. The van der Waals surface area contributed by atoms with Gasteiger partial charge in [-0.3, -0.25) is 4.79 Å². The van der Waals surface area contributed by atoms with E-state index in [-0.39, 0.29) is 0 Å². The van der Waals surface area contributed by atoms with Gasteiger partial charge < -0.3 is 15.2 Å². The monoisotopic (exact) mass is 189 g/mol. The normalized spacial score (nSPS) is 11.6. The molecule has 0 atom stereocenters. The standard InChI is InChI=1S/C9H19NO3/c1-9(2,8(11)12)10-6-4-5-7-13-3/h10H,4-7H2,1-3H3,(H,11,12). The summed E-state index contributed by atoms with van der Waals surface area (Å²) >= 11 is 0. The lowest BCUT2D eigenvalue weighted by Gasteiger charge is -2.20. The minimum Gasteiger partial charge on any atom is -0.480 e. The van der Waals surface area contributed by atoms with Crippen LogP contribution in [-0.2, 0) is 9.53 Å². The number of ether oxygens (including phenoxy) is 1.